The van der Waals surface area contributed by atoms with Crippen LogP contribution in [0.5, 0.6) is 5.75 Å². The first-order valence-electron chi connectivity index (χ1n) is 7.14. The molecule has 138 valence electrons. The number of sulfonamides is 1. The fourth-order valence-electron chi connectivity index (χ4n) is 1.96. The van der Waals surface area contributed by atoms with Crippen LogP contribution >= 0.6 is 15.9 Å². The monoisotopic (exact) mass is 442 g/mol. The number of rotatable bonds is 6. The number of nitrogens with two attached hydrogens (primary N) is 1. The second kappa shape index (κ2) is 8.30. The normalized spacial score (nSPS) is 10.9. The molecule has 8 nitrogen and oxygen atoms in total. The molecule has 0 aliphatic carbocycles. The van der Waals surface area contributed by atoms with E-state index < -0.39 is 28.5 Å². The minimum atomic E-state index is -4.01. The van der Waals surface area contributed by atoms with Gasteiger partial charge in [-0.1, -0.05) is 15.9 Å². The van der Waals surface area contributed by atoms with E-state index in [-0.39, 0.29) is 16.2 Å². The maximum atomic E-state index is 12.2. The Balaban J connectivity index is 2.07. The highest BCUT2D eigenvalue weighted by Gasteiger charge is 2.19. The molecule has 0 unspecified atom stereocenters. The number of hydrogen-bond acceptors (Lipinski definition) is 6. The summed E-state index contributed by atoms with van der Waals surface area (Å²) in [6.07, 6.45) is 0. The van der Waals surface area contributed by atoms with Gasteiger partial charge in [0, 0.05) is 10.2 Å². The first-order valence-corrected chi connectivity index (χ1v) is 9.48. The highest BCUT2D eigenvalue weighted by atomic mass is 79.9. The molecule has 0 atom stereocenters. The maximum absolute atomic E-state index is 12.2. The predicted octanol–water partition coefficient (Wildman–Crippen LogP) is 1.90. The van der Waals surface area contributed by atoms with Crippen molar-refractivity contribution in [2.75, 3.05) is 19.0 Å². The first kappa shape index (κ1) is 19.9. The van der Waals surface area contributed by atoms with Crippen LogP contribution in [0.3, 0.4) is 0 Å². The quantitative estimate of drug-likeness (QED) is 0.658. The van der Waals surface area contributed by atoms with Crippen molar-refractivity contribution in [3.05, 3.63) is 52.5 Å². The van der Waals surface area contributed by atoms with E-state index in [1.54, 1.807) is 24.3 Å². The molecule has 2 aromatic carbocycles. The van der Waals surface area contributed by atoms with Crippen molar-refractivity contribution in [3.8, 4) is 5.75 Å². The Bertz CT molecular complexity index is 928. The number of amides is 1. The lowest BCUT2D eigenvalue weighted by atomic mass is 10.2. The molecule has 0 saturated carbocycles. The molecule has 0 bridgehead atoms. The van der Waals surface area contributed by atoms with Crippen LogP contribution in [0, 0.1) is 0 Å². The standard InChI is InChI=1S/C16H15BrN2O6S/c1-24-14-7-6-12(26(18,22)23)8-13(14)16(21)25-9-15(20)19-11-4-2-10(17)3-5-11/h2-8H,9H2,1H3,(H,19,20)(H2,18,22,23). The summed E-state index contributed by atoms with van der Waals surface area (Å²) < 4.78 is 33.6. The molecule has 1 amide bonds. The summed E-state index contributed by atoms with van der Waals surface area (Å²) in [5.74, 6) is -1.38. The number of nitrogens with one attached hydrogen (secondary N) is 1. The third-order valence-corrected chi connectivity index (χ3v) is 4.62. The lowest BCUT2D eigenvalue weighted by Crippen LogP contribution is -2.21. The molecule has 0 spiro atoms. The van der Waals surface area contributed by atoms with Crippen LogP contribution in [0.15, 0.2) is 51.8 Å². The summed E-state index contributed by atoms with van der Waals surface area (Å²) in [5, 5.41) is 7.60. The summed E-state index contributed by atoms with van der Waals surface area (Å²) in [6.45, 7) is -0.558. The average molecular weight is 443 g/mol. The Morgan fingerprint density at radius 2 is 1.81 bits per heavy atom. The summed E-state index contributed by atoms with van der Waals surface area (Å²) in [7, 11) is -2.70. The van der Waals surface area contributed by atoms with Crippen molar-refractivity contribution < 1.29 is 27.5 Å². The highest BCUT2D eigenvalue weighted by Crippen LogP contribution is 2.23. The summed E-state index contributed by atoms with van der Waals surface area (Å²) in [5.41, 5.74) is 0.374. The van der Waals surface area contributed by atoms with Crippen LogP contribution in [-0.4, -0.2) is 34.0 Å². The zero-order valence-electron chi connectivity index (χ0n) is 13.6. The zero-order chi connectivity index (χ0) is 19.3. The number of carbonyl (C=O) groups is 2. The second-order valence-corrected chi connectivity index (χ2v) is 7.52. The number of ether oxygens (including phenoxy) is 2. The fraction of sp³-hybridized carbons (Fsp3) is 0.125. The molecule has 2 aromatic rings. The smallest absolute Gasteiger partial charge is 0.342 e. The van der Waals surface area contributed by atoms with E-state index in [9.17, 15) is 18.0 Å². The molecule has 0 aromatic heterocycles. The topological polar surface area (TPSA) is 125 Å². The number of halogens is 1. The van der Waals surface area contributed by atoms with Crippen LogP contribution < -0.4 is 15.2 Å². The van der Waals surface area contributed by atoms with Gasteiger partial charge in [0.1, 0.15) is 11.3 Å². The van der Waals surface area contributed by atoms with Crippen LogP contribution in [0.4, 0.5) is 5.69 Å². The summed E-state index contributed by atoms with van der Waals surface area (Å²) in [6, 6.07) is 10.3. The van der Waals surface area contributed by atoms with Crippen molar-refractivity contribution in [3.63, 3.8) is 0 Å². The number of methoxy groups -OCH3 is 1. The van der Waals surface area contributed by atoms with Gasteiger partial charge in [-0.2, -0.15) is 0 Å². The predicted molar refractivity (Wildman–Crippen MR) is 97.4 cm³/mol. The Labute approximate surface area is 158 Å². The van der Waals surface area contributed by atoms with E-state index in [0.717, 1.165) is 10.5 Å². The van der Waals surface area contributed by atoms with Crippen LogP contribution in [0.2, 0.25) is 0 Å². The number of carbonyl (C=O) groups excluding carboxylic acids is 2. The van der Waals surface area contributed by atoms with Crippen LogP contribution in [0.1, 0.15) is 10.4 Å². The Morgan fingerprint density at radius 1 is 1.15 bits per heavy atom. The fourth-order valence-corrected chi connectivity index (χ4v) is 2.77. The van der Waals surface area contributed by atoms with Gasteiger partial charge in [-0.3, -0.25) is 4.79 Å². The molecule has 26 heavy (non-hydrogen) atoms. The lowest BCUT2D eigenvalue weighted by molar-refractivity contribution is -0.119. The molecule has 0 aliphatic heterocycles. The minimum Gasteiger partial charge on any atom is -0.496 e. The third-order valence-electron chi connectivity index (χ3n) is 3.18. The number of esters is 1. The van der Waals surface area contributed by atoms with Gasteiger partial charge in [0.2, 0.25) is 10.0 Å². The Morgan fingerprint density at radius 3 is 2.38 bits per heavy atom. The van der Waals surface area contributed by atoms with Gasteiger partial charge in [0.05, 0.1) is 12.0 Å². The molecular formula is C16H15BrN2O6S. The largest absolute Gasteiger partial charge is 0.496 e. The molecule has 2 rings (SSSR count). The molecule has 0 fully saturated rings. The molecule has 0 heterocycles. The van der Waals surface area contributed by atoms with E-state index in [1.165, 1.54) is 19.2 Å². The van der Waals surface area contributed by atoms with Crippen molar-refractivity contribution in [1.29, 1.82) is 0 Å². The molecule has 10 heteroatoms. The number of benzene rings is 2. The van der Waals surface area contributed by atoms with Crippen molar-refractivity contribution in [1.82, 2.24) is 0 Å². The van der Waals surface area contributed by atoms with E-state index >= 15 is 0 Å². The van der Waals surface area contributed by atoms with Gasteiger partial charge in [0.25, 0.3) is 5.91 Å². The zero-order valence-corrected chi connectivity index (χ0v) is 16.0. The summed E-state index contributed by atoms with van der Waals surface area (Å²) >= 11 is 3.27. The van der Waals surface area contributed by atoms with E-state index in [2.05, 4.69) is 21.2 Å². The second-order valence-electron chi connectivity index (χ2n) is 5.04. The number of hydrogen-bond donors (Lipinski definition) is 2. The molecule has 0 saturated heterocycles. The van der Waals surface area contributed by atoms with E-state index in [0.29, 0.717) is 5.69 Å². The molecule has 3 N–H and O–H groups in total. The average Bonchev–Trinajstić information content (AvgIpc) is 2.60. The van der Waals surface area contributed by atoms with Crippen molar-refractivity contribution >= 4 is 43.5 Å². The minimum absolute atomic E-state index is 0.0933. The third kappa shape index (κ3) is 5.28. The SMILES string of the molecule is COc1ccc(S(N)(=O)=O)cc1C(=O)OCC(=O)Nc1ccc(Br)cc1. The summed E-state index contributed by atoms with van der Waals surface area (Å²) in [4.78, 5) is 23.8. The lowest BCUT2D eigenvalue weighted by Gasteiger charge is -2.10. The van der Waals surface area contributed by atoms with E-state index in [4.69, 9.17) is 14.6 Å². The molecule has 0 radical (unpaired) electrons. The van der Waals surface area contributed by atoms with Gasteiger partial charge in [-0.05, 0) is 42.5 Å². The van der Waals surface area contributed by atoms with Gasteiger partial charge in [-0.15, -0.1) is 0 Å². The molecular weight excluding hydrogens is 428 g/mol. The number of primary sulfonamides is 1. The first-order chi connectivity index (χ1) is 12.2. The Hall–Kier alpha value is -2.43. The van der Waals surface area contributed by atoms with Gasteiger partial charge < -0.3 is 14.8 Å². The molecule has 0 aliphatic rings. The van der Waals surface area contributed by atoms with Crippen LogP contribution in [-0.2, 0) is 19.6 Å². The Kier molecular flexibility index (Phi) is 6.35. The van der Waals surface area contributed by atoms with E-state index in [1.807, 2.05) is 0 Å². The number of anilines is 1. The van der Waals surface area contributed by atoms with Gasteiger partial charge in [-0.25, -0.2) is 18.4 Å². The highest BCUT2D eigenvalue weighted by molar-refractivity contribution is 9.10. The van der Waals surface area contributed by atoms with Crippen LogP contribution in [0.25, 0.3) is 0 Å². The van der Waals surface area contributed by atoms with Gasteiger partial charge >= 0.3 is 5.97 Å². The van der Waals surface area contributed by atoms with Gasteiger partial charge in [0.15, 0.2) is 6.61 Å². The van der Waals surface area contributed by atoms with Crippen molar-refractivity contribution in [2.24, 2.45) is 5.14 Å². The van der Waals surface area contributed by atoms with Crippen molar-refractivity contribution in [2.45, 2.75) is 4.90 Å². The maximum Gasteiger partial charge on any atom is 0.342 e.